The fraction of sp³-hybridized carbons (Fsp3) is 0.348. The molecular weight excluding hydrogens is 385 g/mol. The predicted octanol–water partition coefficient (Wildman–Crippen LogP) is 3.64. The van der Waals surface area contributed by atoms with Crippen molar-refractivity contribution in [3.63, 3.8) is 0 Å². The lowest BCUT2D eigenvalue weighted by Gasteiger charge is -2.17. The molecule has 2 heterocycles. The van der Waals surface area contributed by atoms with E-state index in [9.17, 15) is 14.0 Å². The number of esters is 1. The van der Waals surface area contributed by atoms with Crippen LogP contribution < -0.4 is 0 Å². The number of carbonyl (C=O) groups is 2. The normalized spacial score (nSPS) is 16.6. The van der Waals surface area contributed by atoms with E-state index in [1.165, 1.54) is 12.1 Å². The largest absolute Gasteiger partial charge is 0.462 e. The molecule has 1 saturated heterocycles. The Hall–Kier alpha value is -3.22. The van der Waals surface area contributed by atoms with Crippen molar-refractivity contribution in [1.82, 2.24) is 14.5 Å². The molecule has 0 radical (unpaired) electrons. The SMILES string of the molecule is CC(C)OC(=O)Cn1c(C2CC(=O)N(Cc3ccc(F)cc3)C2)nc2ccccc21. The molecule has 0 N–H and O–H groups in total. The summed E-state index contributed by atoms with van der Waals surface area (Å²) in [7, 11) is 0. The van der Waals surface area contributed by atoms with Crippen molar-refractivity contribution in [3.05, 3.63) is 65.7 Å². The molecule has 1 aliphatic rings. The van der Waals surface area contributed by atoms with Gasteiger partial charge in [-0.05, 0) is 43.7 Å². The molecule has 0 saturated carbocycles. The number of hydrogen-bond acceptors (Lipinski definition) is 4. The van der Waals surface area contributed by atoms with E-state index < -0.39 is 0 Å². The lowest BCUT2D eigenvalue weighted by molar-refractivity contribution is -0.148. The number of hydrogen-bond donors (Lipinski definition) is 0. The van der Waals surface area contributed by atoms with Crippen LogP contribution in [0.15, 0.2) is 48.5 Å². The van der Waals surface area contributed by atoms with E-state index in [2.05, 4.69) is 0 Å². The van der Waals surface area contributed by atoms with Crippen LogP contribution in [0.5, 0.6) is 0 Å². The number of carbonyl (C=O) groups excluding carboxylic acids is 2. The third-order valence-electron chi connectivity index (χ3n) is 5.20. The first-order valence-electron chi connectivity index (χ1n) is 10.1. The quantitative estimate of drug-likeness (QED) is 0.583. The first-order chi connectivity index (χ1) is 14.4. The average Bonchev–Trinajstić information content (AvgIpc) is 3.24. The second-order valence-corrected chi connectivity index (χ2v) is 7.89. The molecule has 6 nitrogen and oxygen atoms in total. The standard InChI is InChI=1S/C23H24FN3O3/c1-15(2)30-22(29)14-27-20-6-4-3-5-19(20)25-23(27)17-11-21(28)26(13-17)12-16-7-9-18(24)10-8-16/h3-10,15,17H,11-14H2,1-2H3. The average molecular weight is 409 g/mol. The molecule has 4 rings (SSSR count). The summed E-state index contributed by atoms with van der Waals surface area (Å²) < 4.78 is 20.3. The van der Waals surface area contributed by atoms with E-state index in [1.54, 1.807) is 17.0 Å². The smallest absolute Gasteiger partial charge is 0.326 e. The number of rotatable bonds is 6. The Kier molecular flexibility index (Phi) is 5.53. The van der Waals surface area contributed by atoms with Gasteiger partial charge in [-0.25, -0.2) is 9.37 Å². The number of nitrogens with zero attached hydrogens (tertiary/aromatic N) is 3. The molecule has 1 atom stereocenters. The van der Waals surface area contributed by atoms with Gasteiger partial charge in [-0.3, -0.25) is 9.59 Å². The summed E-state index contributed by atoms with van der Waals surface area (Å²) in [6.07, 6.45) is 0.124. The lowest BCUT2D eigenvalue weighted by atomic mass is 10.1. The van der Waals surface area contributed by atoms with Crippen LogP contribution in [0.2, 0.25) is 0 Å². The second-order valence-electron chi connectivity index (χ2n) is 7.89. The van der Waals surface area contributed by atoms with Crippen molar-refractivity contribution in [2.75, 3.05) is 6.54 Å². The van der Waals surface area contributed by atoms with Crippen molar-refractivity contribution in [1.29, 1.82) is 0 Å². The maximum absolute atomic E-state index is 13.2. The second kappa shape index (κ2) is 8.26. The number of para-hydroxylation sites is 2. The molecule has 1 unspecified atom stereocenters. The number of halogens is 1. The van der Waals surface area contributed by atoms with Gasteiger partial charge in [0.25, 0.3) is 0 Å². The highest BCUT2D eigenvalue weighted by atomic mass is 19.1. The fourth-order valence-electron chi connectivity index (χ4n) is 3.91. The third-order valence-corrected chi connectivity index (χ3v) is 5.20. The number of benzene rings is 2. The van der Waals surface area contributed by atoms with E-state index in [-0.39, 0.29) is 36.3 Å². The first-order valence-corrected chi connectivity index (χ1v) is 10.1. The van der Waals surface area contributed by atoms with E-state index in [1.807, 2.05) is 42.7 Å². The molecule has 156 valence electrons. The summed E-state index contributed by atoms with van der Waals surface area (Å²) in [5, 5.41) is 0. The summed E-state index contributed by atoms with van der Waals surface area (Å²) in [5.74, 6) is -0.0231. The number of aromatic nitrogens is 2. The van der Waals surface area contributed by atoms with Crippen molar-refractivity contribution < 1.29 is 18.7 Å². The maximum atomic E-state index is 13.2. The van der Waals surface area contributed by atoms with E-state index in [0.29, 0.717) is 25.3 Å². The van der Waals surface area contributed by atoms with Crippen LogP contribution in [-0.4, -0.2) is 39.0 Å². The molecule has 0 spiro atoms. The van der Waals surface area contributed by atoms with Crippen LogP contribution in [0.4, 0.5) is 4.39 Å². The van der Waals surface area contributed by atoms with Gasteiger partial charge in [0, 0.05) is 25.4 Å². The van der Waals surface area contributed by atoms with Crippen molar-refractivity contribution in [2.45, 2.75) is 45.4 Å². The minimum Gasteiger partial charge on any atom is -0.462 e. The highest BCUT2D eigenvalue weighted by Gasteiger charge is 2.34. The van der Waals surface area contributed by atoms with Gasteiger partial charge in [-0.1, -0.05) is 24.3 Å². The minimum atomic E-state index is -0.332. The zero-order chi connectivity index (χ0) is 21.3. The molecule has 1 amide bonds. The van der Waals surface area contributed by atoms with Crippen molar-refractivity contribution >= 4 is 22.9 Å². The van der Waals surface area contributed by atoms with Gasteiger partial charge in [0.1, 0.15) is 18.2 Å². The molecule has 0 aliphatic carbocycles. The zero-order valence-electron chi connectivity index (χ0n) is 17.0. The zero-order valence-corrected chi connectivity index (χ0v) is 17.0. The summed E-state index contributed by atoms with van der Waals surface area (Å²) in [6.45, 7) is 4.60. The molecule has 1 fully saturated rings. The Morgan fingerprint density at radius 3 is 2.67 bits per heavy atom. The number of fused-ring (bicyclic) bond motifs is 1. The summed E-state index contributed by atoms with van der Waals surface area (Å²) in [5.41, 5.74) is 2.51. The van der Waals surface area contributed by atoms with Crippen molar-refractivity contribution in [3.8, 4) is 0 Å². The van der Waals surface area contributed by atoms with Gasteiger partial charge in [0.05, 0.1) is 17.1 Å². The highest BCUT2D eigenvalue weighted by Crippen LogP contribution is 2.31. The topological polar surface area (TPSA) is 64.4 Å². The minimum absolute atomic E-state index is 0.0210. The van der Waals surface area contributed by atoms with E-state index in [4.69, 9.17) is 9.72 Å². The van der Waals surface area contributed by atoms with Crippen LogP contribution in [0, 0.1) is 5.82 Å². The Morgan fingerprint density at radius 1 is 1.20 bits per heavy atom. The maximum Gasteiger partial charge on any atom is 0.326 e. The first kappa shape index (κ1) is 20.1. The van der Waals surface area contributed by atoms with Crippen LogP contribution in [0.1, 0.15) is 37.6 Å². The predicted molar refractivity (Wildman–Crippen MR) is 110 cm³/mol. The van der Waals surface area contributed by atoms with Crippen LogP contribution in [0.25, 0.3) is 11.0 Å². The molecule has 0 bridgehead atoms. The van der Waals surface area contributed by atoms with Gasteiger partial charge >= 0.3 is 5.97 Å². The van der Waals surface area contributed by atoms with Gasteiger partial charge in [-0.15, -0.1) is 0 Å². The van der Waals surface area contributed by atoms with Crippen molar-refractivity contribution in [2.24, 2.45) is 0 Å². The number of likely N-dealkylation sites (tertiary alicyclic amines) is 1. The monoisotopic (exact) mass is 409 g/mol. The Morgan fingerprint density at radius 2 is 1.93 bits per heavy atom. The molecular formula is C23H24FN3O3. The Labute approximate surface area is 174 Å². The third kappa shape index (κ3) is 4.20. The van der Waals surface area contributed by atoms with Gasteiger partial charge in [-0.2, -0.15) is 0 Å². The summed E-state index contributed by atoms with van der Waals surface area (Å²) in [6, 6.07) is 13.8. The molecule has 30 heavy (non-hydrogen) atoms. The highest BCUT2D eigenvalue weighted by molar-refractivity contribution is 5.82. The summed E-state index contributed by atoms with van der Waals surface area (Å²) in [4.78, 5) is 31.5. The Balaban J connectivity index is 1.59. The molecule has 2 aromatic carbocycles. The molecule has 3 aromatic rings. The Bertz CT molecular complexity index is 1070. The molecule has 1 aliphatic heterocycles. The van der Waals surface area contributed by atoms with E-state index in [0.717, 1.165) is 16.6 Å². The van der Waals surface area contributed by atoms with Crippen LogP contribution >= 0.6 is 0 Å². The van der Waals surface area contributed by atoms with E-state index >= 15 is 0 Å². The molecule has 7 heteroatoms. The lowest BCUT2D eigenvalue weighted by Crippen LogP contribution is -2.25. The summed E-state index contributed by atoms with van der Waals surface area (Å²) >= 11 is 0. The van der Waals surface area contributed by atoms with Gasteiger partial charge in [0.2, 0.25) is 5.91 Å². The van der Waals surface area contributed by atoms with Gasteiger partial charge in [0.15, 0.2) is 0 Å². The number of imidazole rings is 1. The van der Waals surface area contributed by atoms with Crippen LogP contribution in [-0.2, 0) is 27.4 Å². The number of ether oxygens (including phenoxy) is 1. The number of amides is 1. The molecule has 1 aromatic heterocycles. The van der Waals surface area contributed by atoms with Crippen LogP contribution in [0.3, 0.4) is 0 Å². The van der Waals surface area contributed by atoms with Gasteiger partial charge < -0.3 is 14.2 Å². The fourth-order valence-corrected chi connectivity index (χ4v) is 3.91.